The molecule has 1 aromatic heterocycles. The number of nitrogens with two attached hydrogens (primary N) is 1. The number of amides is 1. The van der Waals surface area contributed by atoms with E-state index in [9.17, 15) is 9.90 Å². The number of anilines is 1. The molecule has 1 fully saturated rings. The minimum atomic E-state index is -0.667. The summed E-state index contributed by atoms with van der Waals surface area (Å²) in [6.07, 6.45) is 6.15. The zero-order chi connectivity index (χ0) is 21.2. The van der Waals surface area contributed by atoms with E-state index in [1.807, 2.05) is 13.8 Å². The van der Waals surface area contributed by atoms with E-state index in [-0.39, 0.29) is 17.9 Å². The van der Waals surface area contributed by atoms with E-state index in [0.717, 1.165) is 37.5 Å². The van der Waals surface area contributed by atoms with Crippen molar-refractivity contribution >= 4 is 29.4 Å². The van der Waals surface area contributed by atoms with Crippen molar-refractivity contribution in [2.24, 2.45) is 5.92 Å². The molecule has 3 rings (SSSR count). The Morgan fingerprint density at radius 1 is 1.28 bits per heavy atom. The van der Waals surface area contributed by atoms with Gasteiger partial charge in [0, 0.05) is 35.1 Å². The Labute approximate surface area is 176 Å². The van der Waals surface area contributed by atoms with E-state index in [4.69, 9.17) is 22.7 Å². The first-order chi connectivity index (χ1) is 13.7. The number of rotatable bonds is 5. The third-order valence-electron chi connectivity index (χ3n) is 5.74. The fraction of sp³-hybridized carbons (Fsp3) is 0.409. The number of halogens is 1. The zero-order valence-corrected chi connectivity index (χ0v) is 17.5. The van der Waals surface area contributed by atoms with Crippen molar-refractivity contribution < 1.29 is 9.90 Å². The summed E-state index contributed by atoms with van der Waals surface area (Å²) in [6.45, 7) is 3.70. The molecule has 7 heteroatoms. The number of carbonyl (C=O) groups is 1. The van der Waals surface area contributed by atoms with E-state index in [1.54, 1.807) is 24.3 Å². The highest BCUT2D eigenvalue weighted by molar-refractivity contribution is 6.33. The van der Waals surface area contributed by atoms with Gasteiger partial charge in [0.2, 0.25) is 0 Å². The van der Waals surface area contributed by atoms with Crippen LogP contribution in [0.15, 0.2) is 30.5 Å². The Bertz CT molecular complexity index is 898. The van der Waals surface area contributed by atoms with Gasteiger partial charge in [0.05, 0.1) is 22.0 Å². The highest BCUT2D eigenvalue weighted by atomic mass is 35.5. The second kappa shape index (κ2) is 8.51. The lowest BCUT2D eigenvalue weighted by molar-refractivity contribution is -0.00257. The zero-order valence-electron chi connectivity index (χ0n) is 16.7. The lowest BCUT2D eigenvalue weighted by Crippen LogP contribution is -2.41. The molecule has 6 nitrogen and oxygen atoms in total. The number of nitrogens with zero attached hydrogens (tertiary/aromatic N) is 1. The van der Waals surface area contributed by atoms with Crippen LogP contribution in [-0.2, 0) is 0 Å². The van der Waals surface area contributed by atoms with Crippen LogP contribution < -0.4 is 11.1 Å². The average Bonchev–Trinajstić information content (AvgIpc) is 2.70. The van der Waals surface area contributed by atoms with Crippen LogP contribution in [0, 0.1) is 11.3 Å². The summed E-state index contributed by atoms with van der Waals surface area (Å²) in [5.74, 6) is 0.163. The second-order valence-corrected chi connectivity index (χ2v) is 8.59. The molecule has 0 saturated heterocycles. The summed E-state index contributed by atoms with van der Waals surface area (Å²) in [5, 5.41) is 21.2. The summed E-state index contributed by atoms with van der Waals surface area (Å²) in [4.78, 5) is 16.9. The van der Waals surface area contributed by atoms with Gasteiger partial charge in [0.25, 0.3) is 5.91 Å². The van der Waals surface area contributed by atoms with Crippen LogP contribution in [0.1, 0.15) is 55.5 Å². The molecular weight excluding hydrogens is 388 g/mol. The van der Waals surface area contributed by atoms with E-state index in [1.165, 1.54) is 6.20 Å². The van der Waals surface area contributed by atoms with Crippen molar-refractivity contribution in [1.82, 2.24) is 10.3 Å². The van der Waals surface area contributed by atoms with Crippen LogP contribution in [-0.4, -0.2) is 33.9 Å². The molecule has 1 aliphatic carbocycles. The van der Waals surface area contributed by atoms with Crippen molar-refractivity contribution in [3.63, 3.8) is 0 Å². The maximum Gasteiger partial charge on any atom is 0.251 e. The summed E-state index contributed by atoms with van der Waals surface area (Å²) in [6, 6.07) is 7.20. The first-order valence-electron chi connectivity index (χ1n) is 9.78. The number of benzene rings is 1. The van der Waals surface area contributed by atoms with Gasteiger partial charge in [-0.05, 0) is 57.6 Å². The summed E-state index contributed by atoms with van der Waals surface area (Å²) >= 11 is 5.99. The Balaban J connectivity index is 1.68. The number of nitrogens with one attached hydrogen (secondary N) is 2. The van der Waals surface area contributed by atoms with Gasteiger partial charge in [-0.2, -0.15) is 0 Å². The van der Waals surface area contributed by atoms with Gasteiger partial charge in [-0.15, -0.1) is 0 Å². The lowest BCUT2D eigenvalue weighted by atomic mass is 9.77. The third kappa shape index (κ3) is 4.77. The fourth-order valence-corrected chi connectivity index (χ4v) is 4.04. The Hall–Kier alpha value is -2.44. The van der Waals surface area contributed by atoms with Crippen molar-refractivity contribution in [2.75, 3.05) is 5.73 Å². The summed E-state index contributed by atoms with van der Waals surface area (Å²) < 4.78 is 0. The van der Waals surface area contributed by atoms with E-state index in [2.05, 4.69) is 10.3 Å². The number of aliphatic hydroxyl groups is 1. The molecule has 0 aliphatic heterocycles. The van der Waals surface area contributed by atoms with Gasteiger partial charge < -0.3 is 21.6 Å². The number of carbonyl (C=O) groups excluding carboxylic acids is 1. The Kier molecular flexibility index (Phi) is 6.24. The van der Waals surface area contributed by atoms with E-state index < -0.39 is 5.60 Å². The summed E-state index contributed by atoms with van der Waals surface area (Å²) in [7, 11) is 0. The second-order valence-electron chi connectivity index (χ2n) is 8.18. The van der Waals surface area contributed by atoms with Gasteiger partial charge in [0.1, 0.15) is 0 Å². The summed E-state index contributed by atoms with van der Waals surface area (Å²) in [5.41, 5.74) is 7.93. The fourth-order valence-electron chi connectivity index (χ4n) is 3.89. The SMILES string of the molecule is CC(C)(O)C1CCC(NC(=O)c2ccc(-c3ncc(Cl)c(N)c3C=N)cc2)CC1. The van der Waals surface area contributed by atoms with Gasteiger partial charge in [-0.25, -0.2) is 0 Å². The first kappa shape index (κ1) is 21.3. The molecule has 0 spiro atoms. The molecule has 2 aromatic rings. The van der Waals surface area contributed by atoms with Crippen LogP contribution >= 0.6 is 11.6 Å². The van der Waals surface area contributed by atoms with Crippen LogP contribution in [0.4, 0.5) is 5.69 Å². The molecule has 1 heterocycles. The number of hydrogen-bond acceptors (Lipinski definition) is 5. The lowest BCUT2D eigenvalue weighted by Gasteiger charge is -2.36. The molecule has 1 saturated carbocycles. The smallest absolute Gasteiger partial charge is 0.251 e. The maximum atomic E-state index is 12.6. The number of aromatic nitrogens is 1. The van der Waals surface area contributed by atoms with Crippen LogP contribution in [0.2, 0.25) is 5.02 Å². The van der Waals surface area contributed by atoms with Crippen molar-refractivity contribution in [3.05, 3.63) is 46.6 Å². The predicted molar refractivity (Wildman–Crippen MR) is 116 cm³/mol. The molecule has 1 aromatic carbocycles. The average molecular weight is 415 g/mol. The monoisotopic (exact) mass is 414 g/mol. The van der Waals surface area contributed by atoms with E-state index >= 15 is 0 Å². The number of pyridine rings is 1. The standard InChI is InChI=1S/C22H27ClN4O2/c1-22(2,29)15-7-9-16(10-8-15)27-21(28)14-5-3-13(4-6-14)20-17(11-24)19(25)18(23)12-26-20/h3-6,11-12,15-16,24,29H,7-10H2,1-2H3,(H2,25,26)(H,27,28). The van der Waals surface area contributed by atoms with Gasteiger partial charge in [0.15, 0.2) is 0 Å². The number of nitrogen functional groups attached to an aromatic ring is 1. The topological polar surface area (TPSA) is 112 Å². The third-order valence-corrected chi connectivity index (χ3v) is 6.04. The van der Waals surface area contributed by atoms with Gasteiger partial charge in [-0.1, -0.05) is 23.7 Å². The molecule has 1 aliphatic rings. The van der Waals surface area contributed by atoms with Gasteiger partial charge in [-0.3, -0.25) is 9.78 Å². The van der Waals surface area contributed by atoms with Crippen LogP contribution in [0.3, 0.4) is 0 Å². The highest BCUT2D eigenvalue weighted by Gasteiger charge is 2.31. The van der Waals surface area contributed by atoms with Crippen molar-refractivity contribution in [3.8, 4) is 11.3 Å². The Morgan fingerprint density at radius 3 is 2.45 bits per heavy atom. The van der Waals surface area contributed by atoms with E-state index in [0.29, 0.717) is 27.5 Å². The van der Waals surface area contributed by atoms with Crippen molar-refractivity contribution in [2.45, 2.75) is 51.2 Å². The minimum absolute atomic E-state index is 0.112. The molecular formula is C22H27ClN4O2. The van der Waals surface area contributed by atoms with Crippen molar-refractivity contribution in [1.29, 1.82) is 5.41 Å². The molecule has 0 radical (unpaired) electrons. The van der Waals surface area contributed by atoms with Crippen LogP contribution in [0.25, 0.3) is 11.3 Å². The quantitative estimate of drug-likeness (QED) is 0.553. The maximum absolute atomic E-state index is 12.6. The largest absolute Gasteiger partial charge is 0.397 e. The molecule has 0 atom stereocenters. The predicted octanol–water partition coefficient (Wildman–Crippen LogP) is 4.04. The Morgan fingerprint density at radius 2 is 1.90 bits per heavy atom. The number of hydrogen-bond donors (Lipinski definition) is 4. The molecule has 1 amide bonds. The normalized spacial score (nSPS) is 19.6. The molecule has 0 unspecified atom stereocenters. The molecule has 154 valence electrons. The highest BCUT2D eigenvalue weighted by Crippen LogP contribution is 2.33. The molecule has 5 N–H and O–H groups in total. The molecule has 29 heavy (non-hydrogen) atoms. The minimum Gasteiger partial charge on any atom is -0.397 e. The molecule has 0 bridgehead atoms. The van der Waals surface area contributed by atoms with Gasteiger partial charge >= 0.3 is 0 Å². The first-order valence-corrected chi connectivity index (χ1v) is 10.2. The van der Waals surface area contributed by atoms with Crippen LogP contribution in [0.5, 0.6) is 0 Å².